The Balaban J connectivity index is 2.55. The standard InChI is InChI=1S/C12H9F3N2O2/c1-16-10(18)8-9(12(13,14)15)19-11(17-8)7-5-3-2-4-6-7/h2-6H,1H3,(H,16,18). The molecule has 0 bridgehead atoms. The molecule has 1 heterocycles. The molecule has 0 aliphatic carbocycles. The Morgan fingerprint density at radius 2 is 1.89 bits per heavy atom. The topological polar surface area (TPSA) is 55.1 Å². The van der Waals surface area contributed by atoms with Crippen molar-refractivity contribution in [3.63, 3.8) is 0 Å². The summed E-state index contributed by atoms with van der Waals surface area (Å²) in [6.07, 6.45) is -4.78. The predicted molar refractivity (Wildman–Crippen MR) is 60.3 cm³/mol. The highest BCUT2D eigenvalue weighted by atomic mass is 19.4. The third kappa shape index (κ3) is 2.59. The van der Waals surface area contributed by atoms with Gasteiger partial charge in [0.25, 0.3) is 5.91 Å². The van der Waals surface area contributed by atoms with Gasteiger partial charge in [-0.25, -0.2) is 4.98 Å². The summed E-state index contributed by atoms with van der Waals surface area (Å²) in [5, 5.41) is 2.10. The van der Waals surface area contributed by atoms with E-state index in [1.54, 1.807) is 30.3 Å². The van der Waals surface area contributed by atoms with E-state index >= 15 is 0 Å². The van der Waals surface area contributed by atoms with Gasteiger partial charge in [-0.15, -0.1) is 0 Å². The number of hydrogen-bond acceptors (Lipinski definition) is 3. The molecule has 0 saturated heterocycles. The van der Waals surface area contributed by atoms with Crippen molar-refractivity contribution >= 4 is 5.91 Å². The summed E-state index contributed by atoms with van der Waals surface area (Å²) in [4.78, 5) is 15.0. The molecule has 0 fully saturated rings. The van der Waals surface area contributed by atoms with Gasteiger partial charge in [-0.3, -0.25) is 4.79 Å². The summed E-state index contributed by atoms with van der Waals surface area (Å²) in [5.74, 6) is -2.59. The fourth-order valence-corrected chi connectivity index (χ4v) is 1.49. The Kier molecular flexibility index (Phi) is 3.28. The van der Waals surface area contributed by atoms with Crippen LogP contribution in [-0.4, -0.2) is 17.9 Å². The second-order valence-electron chi connectivity index (χ2n) is 3.64. The first-order chi connectivity index (χ1) is 8.93. The second-order valence-corrected chi connectivity index (χ2v) is 3.64. The Hall–Kier alpha value is -2.31. The number of halogens is 3. The van der Waals surface area contributed by atoms with E-state index < -0.39 is 23.5 Å². The molecule has 100 valence electrons. The number of carbonyl (C=O) groups excluding carboxylic acids is 1. The fourth-order valence-electron chi connectivity index (χ4n) is 1.49. The zero-order chi connectivity index (χ0) is 14.0. The number of nitrogens with one attached hydrogen (secondary N) is 1. The minimum absolute atomic E-state index is 0.244. The Morgan fingerprint density at radius 3 is 2.42 bits per heavy atom. The van der Waals surface area contributed by atoms with Gasteiger partial charge in [0.05, 0.1) is 0 Å². The van der Waals surface area contributed by atoms with Crippen LogP contribution in [0.4, 0.5) is 13.2 Å². The minimum atomic E-state index is -4.78. The summed E-state index contributed by atoms with van der Waals surface area (Å²) >= 11 is 0. The Bertz CT molecular complexity index is 591. The maximum Gasteiger partial charge on any atom is 0.452 e. The highest BCUT2D eigenvalue weighted by Gasteiger charge is 2.41. The van der Waals surface area contributed by atoms with Crippen LogP contribution in [0.2, 0.25) is 0 Å². The molecule has 0 radical (unpaired) electrons. The third-order valence-electron chi connectivity index (χ3n) is 2.35. The lowest BCUT2D eigenvalue weighted by Gasteiger charge is -2.03. The third-order valence-corrected chi connectivity index (χ3v) is 2.35. The number of alkyl halides is 3. The molecule has 1 aromatic carbocycles. The predicted octanol–water partition coefficient (Wildman–Crippen LogP) is 2.72. The molecule has 0 atom stereocenters. The van der Waals surface area contributed by atoms with Crippen LogP contribution in [0.3, 0.4) is 0 Å². The number of rotatable bonds is 2. The quantitative estimate of drug-likeness (QED) is 0.912. The summed E-state index contributed by atoms with van der Waals surface area (Å²) < 4.78 is 43.0. The molecule has 0 saturated carbocycles. The van der Waals surface area contributed by atoms with Crippen LogP contribution in [0.15, 0.2) is 34.7 Å². The smallest absolute Gasteiger partial charge is 0.431 e. The highest BCUT2D eigenvalue weighted by molar-refractivity contribution is 5.93. The van der Waals surface area contributed by atoms with Crippen molar-refractivity contribution in [3.05, 3.63) is 41.8 Å². The van der Waals surface area contributed by atoms with Crippen molar-refractivity contribution < 1.29 is 22.4 Å². The summed E-state index contributed by atoms with van der Waals surface area (Å²) in [6.45, 7) is 0. The lowest BCUT2D eigenvalue weighted by molar-refractivity contribution is -0.153. The molecule has 1 N–H and O–H groups in total. The van der Waals surface area contributed by atoms with E-state index in [1.807, 2.05) is 0 Å². The van der Waals surface area contributed by atoms with E-state index in [4.69, 9.17) is 4.42 Å². The van der Waals surface area contributed by atoms with Crippen LogP contribution in [0.25, 0.3) is 11.5 Å². The van der Waals surface area contributed by atoms with Gasteiger partial charge in [-0.05, 0) is 12.1 Å². The molecule has 0 unspecified atom stereocenters. The number of nitrogens with zero attached hydrogens (tertiary/aromatic N) is 1. The summed E-state index contributed by atoms with van der Waals surface area (Å²) in [6, 6.07) is 8.05. The van der Waals surface area contributed by atoms with Crippen molar-refractivity contribution in [2.24, 2.45) is 0 Å². The number of benzene rings is 1. The van der Waals surface area contributed by atoms with Gasteiger partial charge in [0, 0.05) is 12.6 Å². The van der Waals surface area contributed by atoms with Crippen molar-refractivity contribution in [2.45, 2.75) is 6.18 Å². The van der Waals surface area contributed by atoms with Crippen LogP contribution in [0.5, 0.6) is 0 Å². The zero-order valence-corrected chi connectivity index (χ0v) is 9.78. The molecular weight excluding hydrogens is 261 g/mol. The number of oxazole rings is 1. The first-order valence-corrected chi connectivity index (χ1v) is 5.29. The Labute approximate surface area is 106 Å². The van der Waals surface area contributed by atoms with E-state index in [0.29, 0.717) is 5.56 Å². The first kappa shape index (κ1) is 13.1. The van der Waals surface area contributed by atoms with Crippen LogP contribution in [-0.2, 0) is 6.18 Å². The van der Waals surface area contributed by atoms with Gasteiger partial charge in [-0.2, -0.15) is 13.2 Å². The van der Waals surface area contributed by atoms with Crippen molar-refractivity contribution in [2.75, 3.05) is 7.05 Å². The Morgan fingerprint density at radius 1 is 1.26 bits per heavy atom. The number of amides is 1. The second kappa shape index (κ2) is 4.75. The lowest BCUT2D eigenvalue weighted by Crippen LogP contribution is -2.22. The van der Waals surface area contributed by atoms with Gasteiger partial charge in [0.1, 0.15) is 0 Å². The van der Waals surface area contributed by atoms with E-state index in [0.717, 1.165) is 0 Å². The molecule has 1 aromatic heterocycles. The molecular formula is C12H9F3N2O2. The van der Waals surface area contributed by atoms with Gasteiger partial charge >= 0.3 is 6.18 Å². The normalized spacial score (nSPS) is 11.4. The van der Waals surface area contributed by atoms with Crippen molar-refractivity contribution in [3.8, 4) is 11.5 Å². The molecule has 4 nitrogen and oxygen atoms in total. The monoisotopic (exact) mass is 270 g/mol. The molecule has 2 rings (SSSR count). The molecule has 7 heteroatoms. The van der Waals surface area contributed by atoms with Crippen LogP contribution in [0, 0.1) is 0 Å². The van der Waals surface area contributed by atoms with Gasteiger partial charge in [0.2, 0.25) is 11.7 Å². The van der Waals surface area contributed by atoms with Crippen molar-refractivity contribution in [1.29, 1.82) is 0 Å². The van der Waals surface area contributed by atoms with Gasteiger partial charge < -0.3 is 9.73 Å². The van der Waals surface area contributed by atoms with Crippen molar-refractivity contribution in [1.82, 2.24) is 10.3 Å². The van der Waals surface area contributed by atoms with Gasteiger partial charge in [0.15, 0.2) is 5.69 Å². The molecule has 1 amide bonds. The summed E-state index contributed by atoms with van der Waals surface area (Å²) in [5.41, 5.74) is -0.406. The lowest BCUT2D eigenvalue weighted by atomic mass is 10.2. The number of aromatic nitrogens is 1. The molecule has 0 aliphatic rings. The first-order valence-electron chi connectivity index (χ1n) is 5.29. The SMILES string of the molecule is CNC(=O)c1nc(-c2ccccc2)oc1C(F)(F)F. The largest absolute Gasteiger partial charge is 0.452 e. The molecule has 0 aliphatic heterocycles. The molecule has 0 spiro atoms. The fraction of sp³-hybridized carbons (Fsp3) is 0.167. The number of hydrogen-bond donors (Lipinski definition) is 1. The van der Waals surface area contributed by atoms with Crippen LogP contribution < -0.4 is 5.32 Å². The average molecular weight is 270 g/mol. The van der Waals surface area contributed by atoms with E-state index in [1.165, 1.54) is 7.05 Å². The maximum atomic E-state index is 12.8. The van der Waals surface area contributed by atoms with Crippen LogP contribution in [0.1, 0.15) is 16.2 Å². The molecule has 19 heavy (non-hydrogen) atoms. The van der Waals surface area contributed by atoms with E-state index in [2.05, 4.69) is 10.3 Å². The number of carbonyl (C=O) groups is 1. The maximum absolute atomic E-state index is 12.8. The zero-order valence-electron chi connectivity index (χ0n) is 9.78. The minimum Gasteiger partial charge on any atom is -0.431 e. The highest BCUT2D eigenvalue weighted by Crippen LogP contribution is 2.35. The van der Waals surface area contributed by atoms with Crippen LogP contribution >= 0.6 is 0 Å². The van der Waals surface area contributed by atoms with Gasteiger partial charge in [-0.1, -0.05) is 18.2 Å². The average Bonchev–Trinajstić information content (AvgIpc) is 2.84. The summed E-state index contributed by atoms with van der Waals surface area (Å²) in [7, 11) is 1.22. The molecule has 2 aromatic rings. The van der Waals surface area contributed by atoms with E-state index in [-0.39, 0.29) is 5.89 Å². The van der Waals surface area contributed by atoms with E-state index in [9.17, 15) is 18.0 Å².